The predicted molar refractivity (Wildman–Crippen MR) is 61.8 cm³/mol. The summed E-state index contributed by atoms with van der Waals surface area (Å²) in [7, 11) is 3.09. The average Bonchev–Trinajstić information content (AvgIpc) is 2.28. The zero-order valence-electron chi connectivity index (χ0n) is 9.61. The minimum Gasteiger partial charge on any atom is -0.493 e. The molecule has 16 heavy (non-hydrogen) atoms. The molecule has 0 saturated carbocycles. The van der Waals surface area contributed by atoms with E-state index in [0.717, 1.165) is 0 Å². The summed E-state index contributed by atoms with van der Waals surface area (Å²) < 4.78 is 10.2. The summed E-state index contributed by atoms with van der Waals surface area (Å²) in [6.45, 7) is 1.62. The van der Waals surface area contributed by atoms with E-state index in [-0.39, 0.29) is 5.91 Å². The molecule has 5 heteroatoms. The predicted octanol–water partition coefficient (Wildman–Crippen LogP) is 0.989. The molecule has 1 amide bonds. The molecule has 0 spiro atoms. The Morgan fingerprint density at radius 2 is 1.94 bits per heavy atom. The molecule has 0 fully saturated rings. The second-order valence-electron chi connectivity index (χ2n) is 3.35. The normalized spacial score (nSPS) is 11.8. The Labute approximate surface area is 94.5 Å². The van der Waals surface area contributed by atoms with Gasteiger partial charge in [0.15, 0.2) is 11.5 Å². The molecular formula is C11H16N2O3. The topological polar surface area (TPSA) is 73.6 Å². The van der Waals surface area contributed by atoms with Crippen molar-refractivity contribution in [3.63, 3.8) is 0 Å². The Kier molecular flexibility index (Phi) is 4.13. The van der Waals surface area contributed by atoms with E-state index in [1.165, 1.54) is 7.11 Å². The van der Waals surface area contributed by atoms with Crippen LogP contribution in [0.25, 0.3) is 0 Å². The summed E-state index contributed by atoms with van der Waals surface area (Å²) in [5, 5.41) is 2.67. The van der Waals surface area contributed by atoms with E-state index in [9.17, 15) is 4.79 Å². The molecule has 0 bridgehead atoms. The van der Waals surface area contributed by atoms with E-state index in [1.807, 2.05) is 0 Å². The third-order valence-corrected chi connectivity index (χ3v) is 2.06. The summed E-state index contributed by atoms with van der Waals surface area (Å²) >= 11 is 0. The van der Waals surface area contributed by atoms with Gasteiger partial charge in [-0.3, -0.25) is 4.79 Å². The molecule has 0 heterocycles. The van der Waals surface area contributed by atoms with Gasteiger partial charge >= 0.3 is 0 Å². The average molecular weight is 224 g/mol. The number of hydrogen-bond donors (Lipinski definition) is 2. The number of methoxy groups -OCH3 is 2. The molecule has 1 atom stereocenters. The lowest BCUT2D eigenvalue weighted by molar-refractivity contribution is -0.117. The van der Waals surface area contributed by atoms with Crippen molar-refractivity contribution in [3.8, 4) is 11.5 Å². The first kappa shape index (κ1) is 12.3. The van der Waals surface area contributed by atoms with Crippen molar-refractivity contribution in [1.29, 1.82) is 0 Å². The molecule has 1 rings (SSSR count). The number of benzene rings is 1. The fraction of sp³-hybridized carbons (Fsp3) is 0.364. The molecule has 3 N–H and O–H groups in total. The molecule has 0 radical (unpaired) electrons. The Hall–Kier alpha value is -1.75. The third kappa shape index (κ3) is 2.87. The number of ether oxygens (including phenoxy) is 2. The highest BCUT2D eigenvalue weighted by molar-refractivity contribution is 5.94. The number of rotatable bonds is 4. The largest absolute Gasteiger partial charge is 0.493 e. The van der Waals surface area contributed by atoms with Gasteiger partial charge < -0.3 is 20.5 Å². The third-order valence-electron chi connectivity index (χ3n) is 2.06. The quantitative estimate of drug-likeness (QED) is 0.799. The molecule has 0 aliphatic carbocycles. The van der Waals surface area contributed by atoms with Crippen LogP contribution in [-0.2, 0) is 4.79 Å². The van der Waals surface area contributed by atoms with Crippen LogP contribution < -0.4 is 20.5 Å². The number of nitrogens with two attached hydrogens (primary N) is 1. The van der Waals surface area contributed by atoms with Crippen molar-refractivity contribution in [2.45, 2.75) is 13.0 Å². The van der Waals surface area contributed by atoms with E-state index < -0.39 is 6.04 Å². The Bertz CT molecular complexity index is 377. The van der Waals surface area contributed by atoms with Crippen molar-refractivity contribution in [2.75, 3.05) is 19.5 Å². The maximum atomic E-state index is 11.4. The highest BCUT2D eigenvalue weighted by Gasteiger charge is 2.09. The van der Waals surface area contributed by atoms with E-state index in [2.05, 4.69) is 5.32 Å². The van der Waals surface area contributed by atoms with Crippen molar-refractivity contribution in [1.82, 2.24) is 0 Å². The number of nitrogens with one attached hydrogen (secondary N) is 1. The van der Waals surface area contributed by atoms with Crippen molar-refractivity contribution < 1.29 is 14.3 Å². The summed E-state index contributed by atoms with van der Waals surface area (Å²) in [5.41, 5.74) is 6.07. The molecule has 1 aromatic carbocycles. The van der Waals surface area contributed by atoms with Crippen molar-refractivity contribution >= 4 is 11.6 Å². The molecule has 88 valence electrons. The van der Waals surface area contributed by atoms with Crippen LogP contribution in [0.3, 0.4) is 0 Å². The van der Waals surface area contributed by atoms with Gasteiger partial charge in [-0.1, -0.05) is 0 Å². The first-order chi connectivity index (χ1) is 7.58. The van der Waals surface area contributed by atoms with Gasteiger partial charge in [0.25, 0.3) is 0 Å². The fourth-order valence-corrected chi connectivity index (χ4v) is 1.17. The smallest absolute Gasteiger partial charge is 0.241 e. The van der Waals surface area contributed by atoms with Crippen LogP contribution in [0.4, 0.5) is 5.69 Å². The van der Waals surface area contributed by atoms with Crippen LogP contribution in [-0.4, -0.2) is 26.2 Å². The number of carbonyl (C=O) groups is 1. The lowest BCUT2D eigenvalue weighted by atomic mass is 10.2. The Morgan fingerprint density at radius 1 is 1.31 bits per heavy atom. The van der Waals surface area contributed by atoms with Crippen LogP contribution in [0.2, 0.25) is 0 Å². The second-order valence-corrected chi connectivity index (χ2v) is 3.35. The van der Waals surface area contributed by atoms with Gasteiger partial charge in [0, 0.05) is 11.8 Å². The van der Waals surface area contributed by atoms with Crippen LogP contribution in [0, 0.1) is 0 Å². The molecule has 0 aliphatic heterocycles. The zero-order chi connectivity index (χ0) is 12.1. The van der Waals surface area contributed by atoms with Crippen LogP contribution in [0.15, 0.2) is 18.2 Å². The second kappa shape index (κ2) is 5.37. The lowest BCUT2D eigenvalue weighted by Gasteiger charge is -2.11. The fourth-order valence-electron chi connectivity index (χ4n) is 1.17. The highest BCUT2D eigenvalue weighted by atomic mass is 16.5. The number of anilines is 1. The maximum Gasteiger partial charge on any atom is 0.241 e. The van der Waals surface area contributed by atoms with Crippen molar-refractivity contribution in [3.05, 3.63) is 18.2 Å². The minimum atomic E-state index is -0.548. The van der Waals surface area contributed by atoms with Crippen LogP contribution >= 0.6 is 0 Å². The maximum absolute atomic E-state index is 11.4. The lowest BCUT2D eigenvalue weighted by Crippen LogP contribution is -2.32. The van der Waals surface area contributed by atoms with Crippen LogP contribution in [0.1, 0.15) is 6.92 Å². The molecule has 1 aromatic rings. The Morgan fingerprint density at radius 3 is 2.44 bits per heavy atom. The summed E-state index contributed by atoms with van der Waals surface area (Å²) in [5.74, 6) is 0.929. The molecule has 1 unspecified atom stereocenters. The molecular weight excluding hydrogens is 208 g/mol. The highest BCUT2D eigenvalue weighted by Crippen LogP contribution is 2.29. The standard InChI is InChI=1S/C11H16N2O3/c1-7(12)11(14)13-8-4-5-9(15-2)10(6-8)16-3/h4-7H,12H2,1-3H3,(H,13,14). The molecule has 0 aliphatic rings. The van der Waals surface area contributed by atoms with Crippen LogP contribution in [0.5, 0.6) is 11.5 Å². The van der Waals surface area contributed by atoms with Gasteiger partial charge in [-0.15, -0.1) is 0 Å². The summed E-state index contributed by atoms with van der Waals surface area (Å²) in [6.07, 6.45) is 0. The van der Waals surface area contributed by atoms with E-state index >= 15 is 0 Å². The SMILES string of the molecule is COc1ccc(NC(=O)C(C)N)cc1OC. The number of carbonyl (C=O) groups excluding carboxylic acids is 1. The summed E-state index contributed by atoms with van der Waals surface area (Å²) in [4.78, 5) is 11.4. The van der Waals surface area contributed by atoms with Gasteiger partial charge in [-0.05, 0) is 19.1 Å². The van der Waals surface area contributed by atoms with Gasteiger partial charge in [0.05, 0.1) is 20.3 Å². The summed E-state index contributed by atoms with van der Waals surface area (Å²) in [6, 6.07) is 4.57. The molecule has 0 saturated heterocycles. The zero-order valence-corrected chi connectivity index (χ0v) is 9.61. The van der Waals surface area contributed by atoms with Gasteiger partial charge in [0.2, 0.25) is 5.91 Å². The van der Waals surface area contributed by atoms with Gasteiger partial charge in [-0.2, -0.15) is 0 Å². The Balaban J connectivity index is 2.87. The van der Waals surface area contributed by atoms with Gasteiger partial charge in [-0.25, -0.2) is 0 Å². The monoisotopic (exact) mass is 224 g/mol. The van der Waals surface area contributed by atoms with E-state index in [0.29, 0.717) is 17.2 Å². The van der Waals surface area contributed by atoms with Crippen molar-refractivity contribution in [2.24, 2.45) is 5.73 Å². The minimum absolute atomic E-state index is 0.243. The van der Waals surface area contributed by atoms with E-state index in [1.54, 1.807) is 32.2 Å². The van der Waals surface area contributed by atoms with E-state index in [4.69, 9.17) is 15.2 Å². The molecule has 5 nitrogen and oxygen atoms in total. The number of hydrogen-bond acceptors (Lipinski definition) is 4. The molecule has 0 aromatic heterocycles. The first-order valence-corrected chi connectivity index (χ1v) is 4.87. The first-order valence-electron chi connectivity index (χ1n) is 4.87. The number of amides is 1. The van der Waals surface area contributed by atoms with Gasteiger partial charge in [0.1, 0.15) is 0 Å².